The van der Waals surface area contributed by atoms with Crippen molar-refractivity contribution in [2.75, 3.05) is 6.61 Å². The van der Waals surface area contributed by atoms with Gasteiger partial charge in [-0.15, -0.1) is 0 Å². The number of carbonyl (C=O) groups is 2. The SMILES string of the molecule is CCOc1ccc(-n2c(SC(C)C(=O)NC(=O)NC3CC3)nc3ccccc3c2=O)cc1. The number of amides is 3. The van der Waals surface area contributed by atoms with Crippen LogP contribution in [-0.4, -0.2) is 39.4 Å². The van der Waals surface area contributed by atoms with Crippen LogP contribution in [0.5, 0.6) is 5.75 Å². The van der Waals surface area contributed by atoms with E-state index in [2.05, 4.69) is 15.6 Å². The summed E-state index contributed by atoms with van der Waals surface area (Å²) in [5.41, 5.74) is 0.918. The normalized spacial score (nSPS) is 14.1. The third-order valence-electron chi connectivity index (χ3n) is 4.95. The van der Waals surface area contributed by atoms with Crippen LogP contribution < -0.4 is 20.9 Å². The lowest BCUT2D eigenvalue weighted by molar-refractivity contribution is -0.119. The average Bonchev–Trinajstić information content (AvgIpc) is 3.59. The van der Waals surface area contributed by atoms with Gasteiger partial charge in [0.15, 0.2) is 5.16 Å². The molecule has 3 aromatic rings. The number of nitrogens with zero attached hydrogens (tertiary/aromatic N) is 2. The van der Waals surface area contributed by atoms with E-state index < -0.39 is 17.2 Å². The number of para-hydroxylation sites is 1. The number of fused-ring (bicyclic) bond motifs is 1. The van der Waals surface area contributed by atoms with Gasteiger partial charge >= 0.3 is 6.03 Å². The highest BCUT2D eigenvalue weighted by molar-refractivity contribution is 8.00. The number of hydrogen-bond acceptors (Lipinski definition) is 6. The smallest absolute Gasteiger partial charge is 0.321 e. The van der Waals surface area contributed by atoms with Crippen LogP contribution in [0.3, 0.4) is 0 Å². The molecule has 1 fully saturated rings. The number of aromatic nitrogens is 2. The summed E-state index contributed by atoms with van der Waals surface area (Å²) < 4.78 is 6.98. The molecule has 1 heterocycles. The van der Waals surface area contributed by atoms with E-state index in [1.165, 1.54) is 4.57 Å². The monoisotopic (exact) mass is 452 g/mol. The van der Waals surface area contributed by atoms with Crippen molar-refractivity contribution in [3.63, 3.8) is 0 Å². The van der Waals surface area contributed by atoms with Gasteiger partial charge in [0.1, 0.15) is 5.75 Å². The average molecular weight is 453 g/mol. The van der Waals surface area contributed by atoms with Crippen LogP contribution in [0.4, 0.5) is 4.79 Å². The molecular formula is C23H24N4O4S. The quantitative estimate of drug-likeness (QED) is 0.421. The highest BCUT2D eigenvalue weighted by Gasteiger charge is 2.26. The largest absolute Gasteiger partial charge is 0.494 e. The molecule has 166 valence electrons. The molecule has 1 aliphatic carbocycles. The topological polar surface area (TPSA) is 102 Å². The fourth-order valence-electron chi connectivity index (χ4n) is 3.15. The number of imide groups is 1. The predicted molar refractivity (Wildman–Crippen MR) is 124 cm³/mol. The highest BCUT2D eigenvalue weighted by atomic mass is 32.2. The van der Waals surface area contributed by atoms with Gasteiger partial charge in [-0.05, 0) is 63.1 Å². The van der Waals surface area contributed by atoms with E-state index in [1.807, 2.05) is 13.0 Å². The van der Waals surface area contributed by atoms with Crippen molar-refractivity contribution in [1.82, 2.24) is 20.2 Å². The number of carbonyl (C=O) groups excluding carboxylic acids is 2. The van der Waals surface area contributed by atoms with E-state index in [4.69, 9.17) is 4.74 Å². The minimum absolute atomic E-state index is 0.151. The standard InChI is InChI=1S/C23H24N4O4S/c1-3-31-17-12-10-16(11-13-17)27-21(29)18-6-4-5-7-19(18)25-23(27)32-14(2)20(28)26-22(30)24-15-8-9-15/h4-7,10-15H,3,8-9H2,1-2H3,(H2,24,26,28,30). The first-order chi connectivity index (χ1) is 15.5. The highest BCUT2D eigenvalue weighted by Crippen LogP contribution is 2.26. The van der Waals surface area contributed by atoms with Crippen molar-refractivity contribution >= 4 is 34.6 Å². The van der Waals surface area contributed by atoms with Crippen LogP contribution in [0, 0.1) is 0 Å². The Morgan fingerprint density at radius 3 is 2.59 bits per heavy atom. The Morgan fingerprint density at radius 2 is 1.91 bits per heavy atom. The molecule has 1 saturated carbocycles. The fraction of sp³-hybridized carbons (Fsp3) is 0.304. The molecule has 1 unspecified atom stereocenters. The predicted octanol–water partition coefficient (Wildman–Crippen LogP) is 3.25. The molecule has 1 aliphatic rings. The number of nitrogens with one attached hydrogen (secondary N) is 2. The molecule has 0 saturated heterocycles. The van der Waals surface area contributed by atoms with Crippen LogP contribution in [0.2, 0.25) is 0 Å². The Morgan fingerprint density at radius 1 is 1.19 bits per heavy atom. The van der Waals surface area contributed by atoms with Gasteiger partial charge < -0.3 is 10.1 Å². The molecule has 32 heavy (non-hydrogen) atoms. The van der Waals surface area contributed by atoms with Gasteiger partial charge in [0.05, 0.1) is 28.4 Å². The molecule has 2 N–H and O–H groups in total. The molecule has 9 heteroatoms. The summed E-state index contributed by atoms with van der Waals surface area (Å²) in [4.78, 5) is 42.5. The van der Waals surface area contributed by atoms with Gasteiger partial charge in [0, 0.05) is 6.04 Å². The Bertz CT molecular complexity index is 1200. The van der Waals surface area contributed by atoms with E-state index in [1.54, 1.807) is 49.4 Å². The van der Waals surface area contributed by atoms with Crippen molar-refractivity contribution in [3.05, 3.63) is 58.9 Å². The van der Waals surface area contributed by atoms with Crippen molar-refractivity contribution < 1.29 is 14.3 Å². The van der Waals surface area contributed by atoms with Crippen LogP contribution in [0.15, 0.2) is 58.5 Å². The maximum Gasteiger partial charge on any atom is 0.321 e. The molecule has 1 atom stereocenters. The lowest BCUT2D eigenvalue weighted by atomic mass is 10.2. The van der Waals surface area contributed by atoms with Gasteiger partial charge in [-0.2, -0.15) is 0 Å². The maximum absolute atomic E-state index is 13.3. The van der Waals surface area contributed by atoms with Crippen molar-refractivity contribution in [3.8, 4) is 11.4 Å². The van der Waals surface area contributed by atoms with Gasteiger partial charge in [-0.25, -0.2) is 9.78 Å². The van der Waals surface area contributed by atoms with Gasteiger partial charge in [-0.3, -0.25) is 19.5 Å². The van der Waals surface area contributed by atoms with Gasteiger partial charge in [0.25, 0.3) is 5.56 Å². The number of benzene rings is 2. The molecule has 0 aliphatic heterocycles. The summed E-state index contributed by atoms with van der Waals surface area (Å²) in [6, 6.07) is 13.9. The van der Waals surface area contributed by atoms with Gasteiger partial charge in [0.2, 0.25) is 5.91 Å². The summed E-state index contributed by atoms with van der Waals surface area (Å²) in [6.07, 6.45) is 1.86. The third kappa shape index (κ3) is 4.94. The van der Waals surface area contributed by atoms with Crippen LogP contribution in [-0.2, 0) is 4.79 Å². The van der Waals surface area contributed by atoms with Crippen molar-refractivity contribution in [1.29, 1.82) is 0 Å². The molecule has 8 nitrogen and oxygen atoms in total. The Hall–Kier alpha value is -3.33. The minimum Gasteiger partial charge on any atom is -0.494 e. The van der Waals surface area contributed by atoms with E-state index in [-0.39, 0.29) is 11.6 Å². The number of urea groups is 1. The number of rotatable bonds is 7. The van der Waals surface area contributed by atoms with E-state index in [0.29, 0.717) is 34.1 Å². The summed E-state index contributed by atoms with van der Waals surface area (Å²) in [7, 11) is 0. The minimum atomic E-state index is -0.651. The molecule has 0 bridgehead atoms. The number of thioether (sulfide) groups is 1. The second-order valence-electron chi connectivity index (χ2n) is 7.48. The summed E-state index contributed by atoms with van der Waals surface area (Å²) in [6.45, 7) is 4.12. The van der Waals surface area contributed by atoms with E-state index in [0.717, 1.165) is 24.6 Å². The molecule has 2 aromatic carbocycles. The zero-order valence-corrected chi connectivity index (χ0v) is 18.6. The second kappa shape index (κ2) is 9.44. The van der Waals surface area contributed by atoms with Crippen LogP contribution >= 0.6 is 11.8 Å². The third-order valence-corrected chi connectivity index (χ3v) is 6.00. The van der Waals surface area contributed by atoms with Crippen molar-refractivity contribution in [2.24, 2.45) is 0 Å². The first-order valence-corrected chi connectivity index (χ1v) is 11.4. The number of ether oxygens (including phenoxy) is 1. The zero-order chi connectivity index (χ0) is 22.7. The molecule has 4 rings (SSSR count). The molecule has 3 amide bonds. The Labute approximate surface area is 189 Å². The second-order valence-corrected chi connectivity index (χ2v) is 8.78. The lowest BCUT2D eigenvalue weighted by Gasteiger charge is -2.16. The van der Waals surface area contributed by atoms with E-state index in [9.17, 15) is 14.4 Å². The maximum atomic E-state index is 13.3. The van der Waals surface area contributed by atoms with Crippen LogP contribution in [0.25, 0.3) is 16.6 Å². The number of hydrogen-bond donors (Lipinski definition) is 2. The molecule has 0 radical (unpaired) electrons. The van der Waals surface area contributed by atoms with Crippen molar-refractivity contribution in [2.45, 2.75) is 43.1 Å². The first kappa shape index (κ1) is 21.9. The summed E-state index contributed by atoms with van der Waals surface area (Å²) in [5.74, 6) is 0.246. The fourth-order valence-corrected chi connectivity index (χ4v) is 4.08. The summed E-state index contributed by atoms with van der Waals surface area (Å²) in [5, 5.41) is 5.28. The lowest BCUT2D eigenvalue weighted by Crippen LogP contribution is -2.43. The Balaban J connectivity index is 1.66. The molecule has 1 aromatic heterocycles. The zero-order valence-electron chi connectivity index (χ0n) is 17.8. The van der Waals surface area contributed by atoms with Crippen LogP contribution in [0.1, 0.15) is 26.7 Å². The Kier molecular flexibility index (Phi) is 6.45. The first-order valence-electron chi connectivity index (χ1n) is 10.5. The van der Waals surface area contributed by atoms with Gasteiger partial charge in [-0.1, -0.05) is 23.9 Å². The van der Waals surface area contributed by atoms with E-state index >= 15 is 0 Å². The summed E-state index contributed by atoms with van der Waals surface area (Å²) >= 11 is 1.12. The molecular weight excluding hydrogens is 428 g/mol. The molecule has 0 spiro atoms.